The molecule has 2 N–H and O–H groups in total. The fraction of sp³-hybridized carbons (Fsp3) is 0.304. The SMILES string of the molecule is COc1ccc(C(=O)NCc2cc(C(C)C)no2)cc1OCc1ccccn1.O=C(O)C(F)(F)F. The second-order valence-corrected chi connectivity index (χ2v) is 7.33. The molecule has 3 aromatic rings. The lowest BCUT2D eigenvalue weighted by Gasteiger charge is -2.12. The highest BCUT2D eigenvalue weighted by Gasteiger charge is 2.38. The molecule has 0 aliphatic carbocycles. The number of benzene rings is 1. The first kappa shape index (κ1) is 27.2. The Hall–Kier alpha value is -4.09. The summed E-state index contributed by atoms with van der Waals surface area (Å²) >= 11 is 0. The molecule has 188 valence electrons. The van der Waals surface area contributed by atoms with Gasteiger partial charge < -0.3 is 24.4 Å². The van der Waals surface area contributed by atoms with Crippen LogP contribution in [0.2, 0.25) is 0 Å². The number of amides is 1. The molecular formula is C23H24F3N3O6. The molecule has 35 heavy (non-hydrogen) atoms. The van der Waals surface area contributed by atoms with E-state index in [1.807, 2.05) is 38.1 Å². The average Bonchev–Trinajstić information content (AvgIpc) is 3.31. The van der Waals surface area contributed by atoms with Gasteiger partial charge in [0.05, 0.1) is 25.0 Å². The lowest BCUT2D eigenvalue weighted by atomic mass is 10.1. The van der Waals surface area contributed by atoms with Crippen LogP contribution in [0.15, 0.2) is 53.2 Å². The van der Waals surface area contributed by atoms with E-state index in [-0.39, 0.29) is 25.0 Å². The second-order valence-electron chi connectivity index (χ2n) is 7.33. The van der Waals surface area contributed by atoms with Crippen molar-refractivity contribution in [2.24, 2.45) is 0 Å². The number of hydrogen-bond donors (Lipinski definition) is 2. The van der Waals surface area contributed by atoms with Crippen molar-refractivity contribution in [2.75, 3.05) is 7.11 Å². The normalized spacial score (nSPS) is 10.8. The van der Waals surface area contributed by atoms with Crippen molar-refractivity contribution >= 4 is 11.9 Å². The minimum atomic E-state index is -5.08. The number of nitrogens with zero attached hydrogens (tertiary/aromatic N) is 2. The van der Waals surface area contributed by atoms with Crippen LogP contribution < -0.4 is 14.8 Å². The number of aliphatic carboxylic acids is 1. The number of carboxylic acids is 1. The molecule has 3 rings (SSSR count). The third-order valence-electron chi connectivity index (χ3n) is 4.36. The van der Waals surface area contributed by atoms with Gasteiger partial charge in [0.2, 0.25) is 0 Å². The Balaban J connectivity index is 0.000000540. The van der Waals surface area contributed by atoms with Gasteiger partial charge in [-0.1, -0.05) is 25.1 Å². The van der Waals surface area contributed by atoms with Gasteiger partial charge in [-0.15, -0.1) is 0 Å². The standard InChI is InChI=1S/C21H23N3O4.C2HF3O2/c1-14(2)18-11-17(28-24-18)12-23-21(25)15-7-8-19(26-3)20(10-15)27-13-16-6-4-5-9-22-16;3-2(4,5)1(6)7/h4-11,14H,12-13H2,1-3H3,(H,23,25);(H,6,7). The summed E-state index contributed by atoms with van der Waals surface area (Å²) in [5, 5.41) is 13.9. The Morgan fingerprint density at radius 2 is 1.86 bits per heavy atom. The van der Waals surface area contributed by atoms with Gasteiger partial charge in [0.15, 0.2) is 17.3 Å². The summed E-state index contributed by atoms with van der Waals surface area (Å²) in [5.41, 5.74) is 2.10. The molecule has 0 bridgehead atoms. The van der Waals surface area contributed by atoms with Crippen molar-refractivity contribution in [3.63, 3.8) is 0 Å². The summed E-state index contributed by atoms with van der Waals surface area (Å²) < 4.78 is 48.1. The number of halogens is 3. The zero-order valence-electron chi connectivity index (χ0n) is 19.1. The van der Waals surface area contributed by atoms with Gasteiger partial charge in [0, 0.05) is 17.8 Å². The fourth-order valence-electron chi connectivity index (χ4n) is 2.52. The van der Waals surface area contributed by atoms with Crippen molar-refractivity contribution in [1.29, 1.82) is 0 Å². The summed E-state index contributed by atoms with van der Waals surface area (Å²) in [5.74, 6) is -1.10. The summed E-state index contributed by atoms with van der Waals surface area (Å²) in [6, 6.07) is 12.5. The molecule has 2 heterocycles. The molecule has 1 aromatic carbocycles. The minimum Gasteiger partial charge on any atom is -0.493 e. The van der Waals surface area contributed by atoms with Gasteiger partial charge in [-0.2, -0.15) is 13.2 Å². The van der Waals surface area contributed by atoms with Crippen LogP contribution in [0.3, 0.4) is 0 Å². The van der Waals surface area contributed by atoms with E-state index in [2.05, 4.69) is 15.5 Å². The van der Waals surface area contributed by atoms with Crippen molar-refractivity contribution in [2.45, 2.75) is 39.1 Å². The zero-order chi connectivity index (χ0) is 26.0. The van der Waals surface area contributed by atoms with Crippen LogP contribution in [0.4, 0.5) is 13.2 Å². The number of methoxy groups -OCH3 is 1. The van der Waals surface area contributed by atoms with Crippen LogP contribution in [-0.2, 0) is 17.9 Å². The Morgan fingerprint density at radius 1 is 1.14 bits per heavy atom. The van der Waals surface area contributed by atoms with E-state index < -0.39 is 12.1 Å². The Morgan fingerprint density at radius 3 is 2.40 bits per heavy atom. The number of alkyl halides is 3. The second kappa shape index (κ2) is 12.4. The van der Waals surface area contributed by atoms with E-state index in [9.17, 15) is 18.0 Å². The molecule has 0 spiro atoms. The number of carbonyl (C=O) groups is 2. The number of ether oxygens (including phenoxy) is 2. The Labute approximate surface area is 198 Å². The van der Waals surface area contributed by atoms with Crippen LogP contribution in [-0.4, -0.2) is 40.4 Å². The first-order chi connectivity index (χ1) is 16.5. The third kappa shape index (κ3) is 8.65. The number of rotatable bonds is 8. The van der Waals surface area contributed by atoms with Crippen molar-refractivity contribution < 1.29 is 41.9 Å². The number of carbonyl (C=O) groups excluding carboxylic acids is 1. The number of nitrogens with one attached hydrogen (secondary N) is 1. The number of pyridine rings is 1. The predicted molar refractivity (Wildman–Crippen MR) is 117 cm³/mol. The van der Waals surface area contributed by atoms with Gasteiger partial charge in [-0.05, 0) is 36.2 Å². The maximum Gasteiger partial charge on any atom is 0.490 e. The third-order valence-corrected chi connectivity index (χ3v) is 4.36. The maximum atomic E-state index is 12.5. The summed E-state index contributed by atoms with van der Waals surface area (Å²) in [6.45, 7) is 4.60. The molecule has 0 saturated carbocycles. The van der Waals surface area contributed by atoms with E-state index in [1.54, 1.807) is 31.5 Å². The molecule has 0 atom stereocenters. The highest BCUT2D eigenvalue weighted by Crippen LogP contribution is 2.29. The molecule has 9 nitrogen and oxygen atoms in total. The smallest absolute Gasteiger partial charge is 0.490 e. The van der Waals surface area contributed by atoms with Gasteiger partial charge in [0.25, 0.3) is 5.91 Å². The van der Waals surface area contributed by atoms with E-state index in [4.69, 9.17) is 23.9 Å². The first-order valence-corrected chi connectivity index (χ1v) is 10.3. The molecule has 0 aliphatic rings. The molecule has 0 fully saturated rings. The first-order valence-electron chi connectivity index (χ1n) is 10.3. The molecule has 12 heteroatoms. The van der Waals surface area contributed by atoms with E-state index in [1.165, 1.54) is 0 Å². The van der Waals surface area contributed by atoms with Crippen LogP contribution in [0.1, 0.15) is 47.3 Å². The average molecular weight is 495 g/mol. The Kier molecular flexibility index (Phi) is 9.62. The lowest BCUT2D eigenvalue weighted by Crippen LogP contribution is -2.22. The van der Waals surface area contributed by atoms with Gasteiger partial charge in [0.1, 0.15) is 6.61 Å². The van der Waals surface area contributed by atoms with E-state index in [0.29, 0.717) is 22.8 Å². The molecule has 0 unspecified atom stereocenters. The quantitative estimate of drug-likeness (QED) is 0.473. The van der Waals surface area contributed by atoms with Crippen LogP contribution in [0.5, 0.6) is 11.5 Å². The fourth-order valence-corrected chi connectivity index (χ4v) is 2.52. The molecule has 1 amide bonds. The zero-order valence-corrected chi connectivity index (χ0v) is 19.1. The molecule has 2 aromatic heterocycles. The molecular weight excluding hydrogens is 471 g/mol. The van der Waals surface area contributed by atoms with Crippen LogP contribution in [0, 0.1) is 0 Å². The van der Waals surface area contributed by atoms with Crippen LogP contribution in [0.25, 0.3) is 0 Å². The number of hydrogen-bond acceptors (Lipinski definition) is 7. The summed E-state index contributed by atoms with van der Waals surface area (Å²) in [4.78, 5) is 25.6. The summed E-state index contributed by atoms with van der Waals surface area (Å²) in [7, 11) is 1.55. The topological polar surface area (TPSA) is 124 Å². The largest absolute Gasteiger partial charge is 0.493 e. The van der Waals surface area contributed by atoms with Crippen molar-refractivity contribution in [1.82, 2.24) is 15.5 Å². The maximum absolute atomic E-state index is 12.5. The van der Waals surface area contributed by atoms with E-state index >= 15 is 0 Å². The lowest BCUT2D eigenvalue weighted by molar-refractivity contribution is -0.192. The van der Waals surface area contributed by atoms with Gasteiger partial charge in [-0.25, -0.2) is 4.79 Å². The number of carboxylic acid groups (broad SMARTS) is 1. The highest BCUT2D eigenvalue weighted by atomic mass is 19.4. The van der Waals surface area contributed by atoms with E-state index in [0.717, 1.165) is 11.4 Å². The molecule has 0 radical (unpaired) electrons. The van der Waals surface area contributed by atoms with Crippen molar-refractivity contribution in [3.05, 3.63) is 71.4 Å². The Bertz CT molecular complexity index is 1120. The van der Waals surface area contributed by atoms with Crippen LogP contribution >= 0.6 is 0 Å². The van der Waals surface area contributed by atoms with Crippen molar-refractivity contribution in [3.8, 4) is 11.5 Å². The predicted octanol–water partition coefficient (Wildman–Crippen LogP) is 4.34. The summed E-state index contributed by atoms with van der Waals surface area (Å²) in [6.07, 6.45) is -3.38. The highest BCUT2D eigenvalue weighted by molar-refractivity contribution is 5.94. The van der Waals surface area contributed by atoms with Gasteiger partial charge >= 0.3 is 12.1 Å². The van der Waals surface area contributed by atoms with Gasteiger partial charge in [-0.3, -0.25) is 9.78 Å². The number of aromatic nitrogens is 2. The molecule has 0 saturated heterocycles. The monoisotopic (exact) mass is 495 g/mol. The molecule has 0 aliphatic heterocycles. The minimum absolute atomic E-state index is 0.243.